The molecule has 1 atom stereocenters. The van der Waals surface area contributed by atoms with E-state index in [0.29, 0.717) is 24.7 Å². The van der Waals surface area contributed by atoms with Crippen molar-refractivity contribution in [3.8, 4) is 5.75 Å². The summed E-state index contributed by atoms with van der Waals surface area (Å²) >= 11 is 5.78. The minimum Gasteiger partial charge on any atom is -0.547 e. The zero-order chi connectivity index (χ0) is 14.4. The van der Waals surface area contributed by atoms with Gasteiger partial charge >= 0.3 is 29.6 Å². The van der Waals surface area contributed by atoms with Gasteiger partial charge in [0.15, 0.2) is 0 Å². The predicted octanol–water partition coefficient (Wildman–Crippen LogP) is -0.808. The Morgan fingerprint density at radius 3 is 2.43 bits per heavy atom. The van der Waals surface area contributed by atoms with E-state index in [-0.39, 0.29) is 29.6 Å². The van der Waals surface area contributed by atoms with E-state index < -0.39 is 11.6 Å². The number of unbranched alkanes of at least 4 members (excludes halogenated alkanes) is 3. The van der Waals surface area contributed by atoms with Crippen LogP contribution in [-0.2, 0) is 9.53 Å². The molecule has 0 N–H and O–H groups in total. The number of hydrogen-bond donors (Lipinski definition) is 0. The summed E-state index contributed by atoms with van der Waals surface area (Å²) in [5.41, 5.74) is -0.972. The number of epoxide rings is 1. The second-order valence-corrected chi connectivity index (χ2v) is 5.47. The van der Waals surface area contributed by atoms with Crippen LogP contribution >= 0.6 is 11.6 Å². The summed E-state index contributed by atoms with van der Waals surface area (Å²) in [6, 6.07) is 7.28. The van der Waals surface area contributed by atoms with Gasteiger partial charge in [-0.2, -0.15) is 0 Å². The van der Waals surface area contributed by atoms with Crippen LogP contribution in [0.4, 0.5) is 0 Å². The smallest absolute Gasteiger partial charge is 0.547 e. The molecular formula is C15H18ClNaO4. The van der Waals surface area contributed by atoms with Gasteiger partial charge in [0.2, 0.25) is 0 Å². The average molecular weight is 321 g/mol. The molecule has 1 saturated heterocycles. The van der Waals surface area contributed by atoms with E-state index in [1.54, 1.807) is 12.1 Å². The zero-order valence-corrected chi connectivity index (χ0v) is 15.0. The molecule has 0 aliphatic carbocycles. The molecule has 21 heavy (non-hydrogen) atoms. The van der Waals surface area contributed by atoms with E-state index >= 15 is 0 Å². The van der Waals surface area contributed by atoms with E-state index in [0.717, 1.165) is 31.4 Å². The van der Waals surface area contributed by atoms with Crippen molar-refractivity contribution in [3.63, 3.8) is 0 Å². The number of ether oxygens (including phenoxy) is 2. The number of hydrogen-bond acceptors (Lipinski definition) is 4. The number of carboxylic acids is 1. The molecular weight excluding hydrogens is 303 g/mol. The van der Waals surface area contributed by atoms with Gasteiger partial charge in [0.1, 0.15) is 11.4 Å². The molecule has 0 bridgehead atoms. The fourth-order valence-corrected chi connectivity index (χ4v) is 2.16. The van der Waals surface area contributed by atoms with Gasteiger partial charge in [0.05, 0.1) is 19.2 Å². The van der Waals surface area contributed by atoms with E-state index in [1.165, 1.54) is 0 Å². The topological polar surface area (TPSA) is 61.9 Å². The number of carbonyl (C=O) groups excluding carboxylic acids is 1. The van der Waals surface area contributed by atoms with Crippen molar-refractivity contribution in [2.75, 3.05) is 13.2 Å². The van der Waals surface area contributed by atoms with Gasteiger partial charge in [-0.25, -0.2) is 0 Å². The Morgan fingerprint density at radius 2 is 1.86 bits per heavy atom. The molecule has 0 saturated carbocycles. The van der Waals surface area contributed by atoms with Crippen LogP contribution in [0, 0.1) is 0 Å². The van der Waals surface area contributed by atoms with E-state index in [1.807, 2.05) is 12.1 Å². The van der Waals surface area contributed by atoms with Crippen LogP contribution in [0.15, 0.2) is 24.3 Å². The first-order valence-electron chi connectivity index (χ1n) is 6.86. The maximum atomic E-state index is 10.8. The van der Waals surface area contributed by atoms with Gasteiger partial charge in [0.25, 0.3) is 0 Å². The Labute approximate surface area is 152 Å². The summed E-state index contributed by atoms with van der Waals surface area (Å²) in [7, 11) is 0. The molecule has 4 nitrogen and oxygen atoms in total. The Bertz CT molecular complexity index is 445. The van der Waals surface area contributed by atoms with Crippen LogP contribution in [-0.4, -0.2) is 24.8 Å². The minimum absolute atomic E-state index is 0. The van der Waals surface area contributed by atoms with Crippen molar-refractivity contribution in [2.24, 2.45) is 0 Å². The van der Waals surface area contributed by atoms with E-state index in [4.69, 9.17) is 21.1 Å². The Hall–Kier alpha value is -0.260. The van der Waals surface area contributed by atoms with Crippen LogP contribution in [0.1, 0.15) is 32.1 Å². The van der Waals surface area contributed by atoms with Crippen molar-refractivity contribution in [2.45, 2.75) is 37.7 Å². The summed E-state index contributed by atoms with van der Waals surface area (Å²) < 4.78 is 10.5. The fourth-order valence-electron chi connectivity index (χ4n) is 2.04. The third kappa shape index (κ3) is 6.17. The quantitative estimate of drug-likeness (QED) is 0.339. The monoisotopic (exact) mass is 320 g/mol. The molecule has 6 heteroatoms. The number of aliphatic carboxylic acids is 1. The first kappa shape index (κ1) is 18.8. The first-order chi connectivity index (χ1) is 9.62. The number of halogens is 1. The second-order valence-electron chi connectivity index (χ2n) is 5.04. The third-order valence-corrected chi connectivity index (χ3v) is 3.67. The predicted molar refractivity (Wildman–Crippen MR) is 73.7 cm³/mol. The molecule has 0 spiro atoms. The maximum absolute atomic E-state index is 10.8. The SMILES string of the molecule is O=C([O-])C1(CCCCCCOc2ccc(Cl)cc2)CO1.[Na+]. The zero-order valence-electron chi connectivity index (χ0n) is 12.3. The molecule has 1 aliphatic heterocycles. The van der Waals surface area contributed by atoms with Crippen LogP contribution in [0.5, 0.6) is 5.75 Å². The van der Waals surface area contributed by atoms with Gasteiger partial charge in [-0.15, -0.1) is 0 Å². The Morgan fingerprint density at radius 1 is 1.24 bits per heavy atom. The number of carbonyl (C=O) groups is 1. The van der Waals surface area contributed by atoms with Crippen molar-refractivity contribution in [3.05, 3.63) is 29.3 Å². The summed E-state index contributed by atoms with van der Waals surface area (Å²) in [4.78, 5) is 10.8. The van der Waals surface area contributed by atoms with Gasteiger partial charge in [-0.1, -0.05) is 30.9 Å². The molecule has 0 aromatic heterocycles. The maximum Gasteiger partial charge on any atom is 1.00 e. The normalized spacial score (nSPS) is 19.7. The first-order valence-corrected chi connectivity index (χ1v) is 7.24. The van der Waals surface area contributed by atoms with Crippen molar-refractivity contribution in [1.82, 2.24) is 0 Å². The standard InChI is InChI=1S/C15H19ClO4.Na/c16-12-5-7-13(8-6-12)19-10-4-2-1-3-9-15(11-20-15)14(17)18;/h5-8H,1-4,9-11H2,(H,17,18);/q;+1/p-1. The molecule has 1 aliphatic rings. The van der Waals surface area contributed by atoms with Crippen LogP contribution in [0.2, 0.25) is 5.02 Å². The molecule has 1 fully saturated rings. The molecule has 110 valence electrons. The number of carboxylic acid groups (broad SMARTS) is 1. The average Bonchev–Trinajstić information content (AvgIpc) is 3.21. The molecule has 1 unspecified atom stereocenters. The summed E-state index contributed by atoms with van der Waals surface area (Å²) in [5.74, 6) is -0.264. The van der Waals surface area contributed by atoms with Crippen LogP contribution in [0.25, 0.3) is 0 Å². The van der Waals surface area contributed by atoms with Crippen LogP contribution in [0.3, 0.4) is 0 Å². The molecule has 1 aromatic carbocycles. The number of rotatable bonds is 9. The minimum atomic E-state index is -1.08. The van der Waals surface area contributed by atoms with Gasteiger partial charge in [0, 0.05) is 5.02 Å². The Balaban J connectivity index is 0.00000220. The Kier molecular flexibility index (Phi) is 8.06. The molecule has 0 radical (unpaired) electrons. The van der Waals surface area contributed by atoms with Crippen molar-refractivity contribution >= 4 is 17.6 Å². The molecule has 0 amide bonds. The summed E-state index contributed by atoms with van der Waals surface area (Å²) in [6.07, 6.45) is 4.32. The largest absolute Gasteiger partial charge is 1.00 e. The van der Waals surface area contributed by atoms with Crippen molar-refractivity contribution in [1.29, 1.82) is 0 Å². The number of benzene rings is 1. The summed E-state index contributed by atoms with van der Waals surface area (Å²) in [6.45, 7) is 0.957. The fraction of sp³-hybridized carbons (Fsp3) is 0.533. The van der Waals surface area contributed by atoms with Crippen LogP contribution < -0.4 is 39.4 Å². The second kappa shape index (κ2) is 9.01. The van der Waals surface area contributed by atoms with Crippen molar-refractivity contribution < 1.29 is 48.9 Å². The molecule has 1 aromatic rings. The van der Waals surface area contributed by atoms with Gasteiger partial charge in [-0.3, -0.25) is 0 Å². The van der Waals surface area contributed by atoms with Gasteiger partial charge < -0.3 is 19.4 Å². The van der Waals surface area contributed by atoms with E-state index in [2.05, 4.69) is 0 Å². The van der Waals surface area contributed by atoms with Gasteiger partial charge in [-0.05, 0) is 37.1 Å². The third-order valence-electron chi connectivity index (χ3n) is 3.42. The van der Waals surface area contributed by atoms with E-state index in [9.17, 15) is 9.90 Å². The molecule has 1 heterocycles. The summed E-state index contributed by atoms with van der Waals surface area (Å²) in [5, 5.41) is 11.5. The molecule has 2 rings (SSSR count).